The van der Waals surface area contributed by atoms with E-state index in [2.05, 4.69) is 36.3 Å². The Kier molecular flexibility index (Phi) is 5.66. The van der Waals surface area contributed by atoms with Gasteiger partial charge in [-0.2, -0.15) is 19.6 Å². The minimum Gasteiger partial charge on any atom is -0.244 e. The molecule has 0 aliphatic carbocycles. The summed E-state index contributed by atoms with van der Waals surface area (Å²) in [7, 11) is 0. The van der Waals surface area contributed by atoms with E-state index in [1.165, 1.54) is 10.2 Å². The molecule has 5 heteroatoms. The number of hydrogen-bond donors (Lipinski definition) is 0. The third-order valence-corrected chi connectivity index (χ3v) is 4.98. The van der Waals surface area contributed by atoms with Crippen molar-refractivity contribution in [1.29, 1.82) is 0 Å². The number of aryl methyl sites for hydroxylation is 1. The molecule has 0 bridgehead atoms. The molecule has 2 heterocycles. The van der Waals surface area contributed by atoms with E-state index >= 15 is 0 Å². The van der Waals surface area contributed by atoms with Crippen LogP contribution in [-0.4, -0.2) is 25.6 Å². The molecule has 0 saturated heterocycles. The smallest absolute Gasteiger partial charge is 0.244 e. The number of aromatic nitrogens is 4. The maximum atomic E-state index is 13.1. The van der Waals surface area contributed by atoms with Gasteiger partial charge in [-0.25, -0.2) is 4.79 Å². The molecular formula is C24H24N4O. The van der Waals surface area contributed by atoms with Gasteiger partial charge in [-0.15, -0.1) is 0 Å². The van der Waals surface area contributed by atoms with Crippen molar-refractivity contribution in [2.75, 3.05) is 0 Å². The van der Waals surface area contributed by atoms with E-state index in [4.69, 9.17) is 5.10 Å². The van der Waals surface area contributed by atoms with Gasteiger partial charge in [0, 0.05) is 30.8 Å². The molecule has 0 amide bonds. The van der Waals surface area contributed by atoms with Crippen LogP contribution in [0.2, 0.25) is 0 Å². The molecule has 0 spiro atoms. The molecule has 5 nitrogen and oxygen atoms in total. The average molecular weight is 384 g/mol. The summed E-state index contributed by atoms with van der Waals surface area (Å²) in [6.45, 7) is 2.14. The largest absolute Gasteiger partial charge is 0.369 e. The predicted octanol–water partition coefficient (Wildman–Crippen LogP) is 4.73. The SMILES string of the molecule is CCCc1nn(C(=O)n2cccn2)c(Cc2ccccc2)c1Cc1ccccc1. The Hall–Kier alpha value is -3.47. The monoisotopic (exact) mass is 384 g/mol. The van der Waals surface area contributed by atoms with Gasteiger partial charge in [0.05, 0.1) is 11.4 Å². The number of rotatable bonds is 6. The van der Waals surface area contributed by atoms with Crippen molar-refractivity contribution in [1.82, 2.24) is 19.6 Å². The van der Waals surface area contributed by atoms with E-state index in [1.54, 1.807) is 23.1 Å². The molecular weight excluding hydrogens is 360 g/mol. The maximum absolute atomic E-state index is 13.1. The molecule has 0 saturated carbocycles. The first-order valence-corrected chi connectivity index (χ1v) is 9.98. The van der Waals surface area contributed by atoms with Crippen molar-refractivity contribution in [3.63, 3.8) is 0 Å². The third kappa shape index (κ3) is 4.19. The Labute approximate surface area is 170 Å². The Morgan fingerprint density at radius 2 is 1.55 bits per heavy atom. The lowest BCUT2D eigenvalue weighted by atomic mass is 9.97. The molecule has 0 radical (unpaired) electrons. The van der Waals surface area contributed by atoms with Gasteiger partial charge >= 0.3 is 6.03 Å². The van der Waals surface area contributed by atoms with Crippen molar-refractivity contribution >= 4 is 6.03 Å². The fourth-order valence-corrected chi connectivity index (χ4v) is 3.59. The topological polar surface area (TPSA) is 52.7 Å². The van der Waals surface area contributed by atoms with Crippen LogP contribution in [0.3, 0.4) is 0 Å². The Bertz CT molecular complexity index is 1070. The van der Waals surface area contributed by atoms with Crippen molar-refractivity contribution in [2.45, 2.75) is 32.6 Å². The lowest BCUT2D eigenvalue weighted by Crippen LogP contribution is -2.23. The van der Waals surface area contributed by atoms with Crippen LogP contribution in [0.1, 0.15) is 41.4 Å². The van der Waals surface area contributed by atoms with E-state index in [-0.39, 0.29) is 6.03 Å². The van der Waals surface area contributed by atoms with E-state index in [9.17, 15) is 4.79 Å². The average Bonchev–Trinajstić information content (AvgIpc) is 3.40. The second kappa shape index (κ2) is 8.69. The fraction of sp³-hybridized carbons (Fsp3) is 0.208. The van der Waals surface area contributed by atoms with Crippen LogP contribution in [0.25, 0.3) is 0 Å². The molecule has 0 atom stereocenters. The summed E-state index contributed by atoms with van der Waals surface area (Å²) >= 11 is 0. The number of benzene rings is 2. The van der Waals surface area contributed by atoms with Gasteiger partial charge in [0.1, 0.15) is 0 Å². The molecule has 0 aliphatic rings. The van der Waals surface area contributed by atoms with Gasteiger partial charge in [0.15, 0.2) is 0 Å². The van der Waals surface area contributed by atoms with Crippen molar-refractivity contribution < 1.29 is 4.79 Å². The molecule has 29 heavy (non-hydrogen) atoms. The fourth-order valence-electron chi connectivity index (χ4n) is 3.59. The molecule has 4 rings (SSSR count). The van der Waals surface area contributed by atoms with Gasteiger partial charge in [-0.3, -0.25) is 0 Å². The summed E-state index contributed by atoms with van der Waals surface area (Å²) in [4.78, 5) is 13.1. The molecule has 0 aliphatic heterocycles. The van der Waals surface area contributed by atoms with Gasteiger partial charge < -0.3 is 0 Å². The van der Waals surface area contributed by atoms with Crippen molar-refractivity contribution in [2.24, 2.45) is 0 Å². The van der Waals surface area contributed by atoms with E-state index in [1.807, 2.05) is 36.4 Å². The molecule has 0 unspecified atom stereocenters. The zero-order chi connectivity index (χ0) is 20.1. The summed E-state index contributed by atoms with van der Waals surface area (Å²) in [6, 6.07) is 22.1. The molecule has 2 aromatic carbocycles. The quantitative estimate of drug-likeness (QED) is 0.483. The molecule has 2 aromatic heterocycles. The zero-order valence-electron chi connectivity index (χ0n) is 16.5. The van der Waals surface area contributed by atoms with Crippen molar-refractivity contribution in [3.05, 3.63) is 107 Å². The second-order valence-electron chi connectivity index (χ2n) is 7.09. The third-order valence-electron chi connectivity index (χ3n) is 4.98. The number of nitrogens with zero attached hydrogens (tertiary/aromatic N) is 4. The minimum absolute atomic E-state index is 0.252. The molecule has 146 valence electrons. The van der Waals surface area contributed by atoms with Crippen LogP contribution in [0.4, 0.5) is 4.79 Å². The van der Waals surface area contributed by atoms with Gasteiger partial charge in [0.25, 0.3) is 0 Å². The minimum atomic E-state index is -0.252. The summed E-state index contributed by atoms with van der Waals surface area (Å²) in [5.41, 5.74) is 5.43. The van der Waals surface area contributed by atoms with Crippen molar-refractivity contribution in [3.8, 4) is 0 Å². The second-order valence-corrected chi connectivity index (χ2v) is 7.09. The Morgan fingerprint density at radius 3 is 2.14 bits per heavy atom. The van der Waals surface area contributed by atoms with E-state index in [0.29, 0.717) is 6.42 Å². The number of carbonyl (C=O) groups excluding carboxylic acids is 1. The molecule has 4 aromatic rings. The summed E-state index contributed by atoms with van der Waals surface area (Å²) < 4.78 is 2.88. The highest BCUT2D eigenvalue weighted by molar-refractivity contribution is 5.78. The molecule has 0 N–H and O–H groups in total. The normalized spacial score (nSPS) is 10.9. The van der Waals surface area contributed by atoms with Crippen LogP contribution in [0.15, 0.2) is 79.1 Å². The number of hydrogen-bond acceptors (Lipinski definition) is 3. The zero-order valence-corrected chi connectivity index (χ0v) is 16.5. The highest BCUT2D eigenvalue weighted by Gasteiger charge is 2.23. The standard InChI is InChI=1S/C24H24N4O/c1-2-10-22-21(17-19-11-5-3-6-12-19)23(18-20-13-7-4-8-14-20)28(26-22)24(29)27-16-9-15-25-27/h3-9,11-16H,2,10,17-18H2,1H3. The molecule has 0 fully saturated rings. The predicted molar refractivity (Wildman–Crippen MR) is 113 cm³/mol. The number of carbonyl (C=O) groups is 1. The van der Waals surface area contributed by atoms with Crippen LogP contribution in [-0.2, 0) is 19.3 Å². The van der Waals surface area contributed by atoms with Gasteiger partial charge in [-0.05, 0) is 23.6 Å². The Balaban J connectivity index is 1.83. The Morgan fingerprint density at radius 1 is 0.897 bits per heavy atom. The summed E-state index contributed by atoms with van der Waals surface area (Å²) in [5, 5.41) is 8.87. The van der Waals surface area contributed by atoms with Crippen LogP contribution >= 0.6 is 0 Å². The van der Waals surface area contributed by atoms with Crippen LogP contribution in [0, 0.1) is 0 Å². The highest BCUT2D eigenvalue weighted by atomic mass is 16.2. The van der Waals surface area contributed by atoms with Gasteiger partial charge in [0.2, 0.25) is 0 Å². The van der Waals surface area contributed by atoms with Gasteiger partial charge in [-0.1, -0.05) is 74.0 Å². The van der Waals surface area contributed by atoms with E-state index < -0.39 is 0 Å². The maximum Gasteiger partial charge on any atom is 0.369 e. The lowest BCUT2D eigenvalue weighted by Gasteiger charge is -2.10. The first-order chi connectivity index (χ1) is 14.3. The summed E-state index contributed by atoms with van der Waals surface area (Å²) in [6.07, 6.45) is 6.48. The highest BCUT2D eigenvalue weighted by Crippen LogP contribution is 2.23. The van der Waals surface area contributed by atoms with Crippen LogP contribution < -0.4 is 0 Å². The van der Waals surface area contributed by atoms with Crippen LogP contribution in [0.5, 0.6) is 0 Å². The lowest BCUT2D eigenvalue weighted by molar-refractivity contribution is 0.237. The summed E-state index contributed by atoms with van der Waals surface area (Å²) in [5.74, 6) is 0. The first-order valence-electron chi connectivity index (χ1n) is 9.98. The first kappa shape index (κ1) is 18.9. The van der Waals surface area contributed by atoms with E-state index in [0.717, 1.165) is 41.8 Å².